The largest absolute Gasteiger partial charge is 0.461 e. The number of carbonyl (C=O) groups is 1. The fourth-order valence-electron chi connectivity index (χ4n) is 2.27. The van der Waals surface area contributed by atoms with Crippen LogP contribution in [0.15, 0.2) is 49.1 Å². The first kappa shape index (κ1) is 18.2. The Hall–Kier alpha value is -1.87. The van der Waals surface area contributed by atoms with Crippen LogP contribution in [0.4, 0.5) is 0 Å². The molecule has 0 fully saturated rings. The van der Waals surface area contributed by atoms with Crippen molar-refractivity contribution in [2.24, 2.45) is 5.92 Å². The molecular formula is C19H26O3. The van der Waals surface area contributed by atoms with Crippen LogP contribution >= 0.6 is 0 Å². The number of esters is 1. The molecule has 0 saturated carbocycles. The Morgan fingerprint density at radius 3 is 2.50 bits per heavy atom. The summed E-state index contributed by atoms with van der Waals surface area (Å²) in [5, 5.41) is 10.9. The van der Waals surface area contributed by atoms with Crippen LogP contribution in [0.2, 0.25) is 0 Å². The number of hydrogen-bond donors (Lipinski definition) is 1. The highest BCUT2D eigenvalue weighted by Crippen LogP contribution is 2.28. The summed E-state index contributed by atoms with van der Waals surface area (Å²) in [5.41, 5.74) is -0.782. The highest BCUT2D eigenvalue weighted by atomic mass is 16.6. The van der Waals surface area contributed by atoms with Crippen molar-refractivity contribution in [1.82, 2.24) is 0 Å². The minimum atomic E-state index is -1.70. The van der Waals surface area contributed by atoms with E-state index in [0.717, 1.165) is 12.0 Å². The Morgan fingerprint density at radius 2 is 2.00 bits per heavy atom. The van der Waals surface area contributed by atoms with Gasteiger partial charge in [0, 0.05) is 5.92 Å². The maximum absolute atomic E-state index is 12.4. The standard InChI is InChI=1S/C19H26O3/c1-5-10-17(6-2)19(21,18(20)22-15(3)4)14-13-16-11-8-7-9-12-16/h6-9,11-15,17,21H,2,5,10H2,1,3-4H3/b14-13+. The second-order valence-electron chi connectivity index (χ2n) is 5.65. The van der Waals surface area contributed by atoms with Crippen molar-refractivity contribution in [1.29, 1.82) is 0 Å². The molecule has 0 amide bonds. The third-order valence-corrected chi connectivity index (χ3v) is 3.45. The maximum Gasteiger partial charge on any atom is 0.343 e. The van der Waals surface area contributed by atoms with Gasteiger partial charge in [-0.2, -0.15) is 0 Å². The molecule has 120 valence electrons. The van der Waals surface area contributed by atoms with Gasteiger partial charge in [-0.05, 0) is 31.9 Å². The third kappa shape index (κ3) is 4.85. The lowest BCUT2D eigenvalue weighted by Crippen LogP contribution is -2.45. The molecule has 1 aromatic carbocycles. The topological polar surface area (TPSA) is 46.5 Å². The molecule has 0 heterocycles. The van der Waals surface area contributed by atoms with Crippen molar-refractivity contribution in [2.75, 3.05) is 0 Å². The van der Waals surface area contributed by atoms with Gasteiger partial charge < -0.3 is 9.84 Å². The van der Waals surface area contributed by atoms with Gasteiger partial charge >= 0.3 is 5.97 Å². The zero-order valence-electron chi connectivity index (χ0n) is 13.7. The van der Waals surface area contributed by atoms with Gasteiger partial charge in [-0.3, -0.25) is 0 Å². The molecule has 2 atom stereocenters. The molecule has 22 heavy (non-hydrogen) atoms. The van der Waals surface area contributed by atoms with Gasteiger partial charge in [0.05, 0.1) is 6.10 Å². The normalized spacial score (nSPS) is 15.5. The molecule has 1 aromatic rings. The highest BCUT2D eigenvalue weighted by molar-refractivity contribution is 5.84. The fourth-order valence-corrected chi connectivity index (χ4v) is 2.27. The Balaban J connectivity index is 3.11. The van der Waals surface area contributed by atoms with E-state index in [0.29, 0.717) is 6.42 Å². The molecule has 3 heteroatoms. The monoisotopic (exact) mass is 302 g/mol. The van der Waals surface area contributed by atoms with Crippen LogP contribution in [0.1, 0.15) is 39.2 Å². The number of carbonyl (C=O) groups excluding carboxylic acids is 1. The smallest absolute Gasteiger partial charge is 0.343 e. The van der Waals surface area contributed by atoms with Crippen molar-refractivity contribution in [2.45, 2.75) is 45.3 Å². The average molecular weight is 302 g/mol. The van der Waals surface area contributed by atoms with Gasteiger partial charge in [0.25, 0.3) is 0 Å². The van der Waals surface area contributed by atoms with E-state index in [9.17, 15) is 9.90 Å². The van der Waals surface area contributed by atoms with Crippen molar-refractivity contribution in [3.8, 4) is 0 Å². The van der Waals surface area contributed by atoms with Crippen LogP contribution in [0, 0.1) is 5.92 Å². The number of benzene rings is 1. The van der Waals surface area contributed by atoms with Gasteiger partial charge in [0.1, 0.15) is 0 Å². The van der Waals surface area contributed by atoms with Crippen molar-refractivity contribution < 1.29 is 14.6 Å². The van der Waals surface area contributed by atoms with Crippen LogP contribution in [0.3, 0.4) is 0 Å². The first-order chi connectivity index (χ1) is 10.4. The summed E-state index contributed by atoms with van der Waals surface area (Å²) in [6.45, 7) is 9.30. The summed E-state index contributed by atoms with van der Waals surface area (Å²) in [4.78, 5) is 12.4. The van der Waals surface area contributed by atoms with Crippen molar-refractivity contribution in [3.05, 3.63) is 54.6 Å². The molecule has 0 aliphatic carbocycles. The molecule has 1 N–H and O–H groups in total. The summed E-state index contributed by atoms with van der Waals surface area (Å²) < 4.78 is 5.24. The third-order valence-electron chi connectivity index (χ3n) is 3.45. The Morgan fingerprint density at radius 1 is 1.36 bits per heavy atom. The van der Waals surface area contributed by atoms with Crippen molar-refractivity contribution in [3.63, 3.8) is 0 Å². The Bertz CT molecular complexity index is 505. The lowest BCUT2D eigenvalue weighted by atomic mass is 9.83. The number of ether oxygens (including phenoxy) is 1. The van der Waals surface area contributed by atoms with Gasteiger partial charge in [-0.15, -0.1) is 6.58 Å². The number of hydrogen-bond acceptors (Lipinski definition) is 3. The van der Waals surface area contributed by atoms with E-state index in [4.69, 9.17) is 4.74 Å². The summed E-state index contributed by atoms with van der Waals surface area (Å²) in [6.07, 6.45) is 6.11. The molecule has 0 aliphatic heterocycles. The Labute approximate surface area is 133 Å². The summed E-state index contributed by atoms with van der Waals surface area (Å²) in [5.74, 6) is -1.02. The molecule has 0 radical (unpaired) electrons. The van der Waals surface area contributed by atoms with Gasteiger partial charge in [0.2, 0.25) is 0 Å². The SMILES string of the molecule is C=CC(CCC)C(O)(/C=C/c1ccccc1)C(=O)OC(C)C. The molecule has 1 rings (SSSR count). The van der Waals surface area contributed by atoms with Crippen LogP contribution < -0.4 is 0 Å². The summed E-state index contributed by atoms with van der Waals surface area (Å²) in [6, 6.07) is 9.55. The molecule has 2 unspecified atom stereocenters. The van der Waals surface area contributed by atoms with E-state index < -0.39 is 11.6 Å². The highest BCUT2D eigenvalue weighted by Gasteiger charge is 2.41. The second kappa shape index (κ2) is 8.54. The molecule has 3 nitrogen and oxygen atoms in total. The quantitative estimate of drug-likeness (QED) is 0.583. The first-order valence-corrected chi connectivity index (χ1v) is 7.74. The number of aliphatic hydroxyl groups is 1. The molecule has 0 spiro atoms. The molecular weight excluding hydrogens is 276 g/mol. The zero-order chi connectivity index (χ0) is 16.6. The summed E-state index contributed by atoms with van der Waals surface area (Å²) >= 11 is 0. The lowest BCUT2D eigenvalue weighted by Gasteiger charge is -2.30. The van der Waals surface area contributed by atoms with E-state index in [2.05, 4.69) is 6.58 Å². The molecule has 0 aliphatic rings. The minimum Gasteiger partial charge on any atom is -0.461 e. The predicted molar refractivity (Wildman–Crippen MR) is 90.2 cm³/mol. The van der Waals surface area contributed by atoms with Crippen LogP contribution in [0.25, 0.3) is 6.08 Å². The minimum absolute atomic E-state index is 0.281. The summed E-state index contributed by atoms with van der Waals surface area (Å²) in [7, 11) is 0. The van der Waals surface area contributed by atoms with Crippen molar-refractivity contribution >= 4 is 12.0 Å². The fraction of sp³-hybridized carbons (Fsp3) is 0.421. The van der Waals surface area contributed by atoms with E-state index in [1.54, 1.807) is 26.0 Å². The molecule has 0 aromatic heterocycles. The second-order valence-corrected chi connectivity index (χ2v) is 5.65. The molecule has 0 saturated heterocycles. The van der Waals surface area contributed by atoms with Gasteiger partial charge in [0.15, 0.2) is 5.60 Å². The van der Waals surface area contributed by atoms with Gasteiger partial charge in [-0.1, -0.05) is 55.8 Å². The van der Waals surface area contributed by atoms with E-state index in [1.807, 2.05) is 37.3 Å². The van der Waals surface area contributed by atoms with Crippen LogP contribution in [-0.4, -0.2) is 22.8 Å². The number of rotatable bonds is 8. The van der Waals surface area contributed by atoms with E-state index in [1.165, 1.54) is 6.08 Å². The van der Waals surface area contributed by atoms with Crippen LogP contribution in [-0.2, 0) is 9.53 Å². The van der Waals surface area contributed by atoms with Gasteiger partial charge in [-0.25, -0.2) is 4.79 Å². The van der Waals surface area contributed by atoms with Crippen LogP contribution in [0.5, 0.6) is 0 Å². The van der Waals surface area contributed by atoms with E-state index in [-0.39, 0.29) is 12.0 Å². The average Bonchev–Trinajstić information content (AvgIpc) is 2.50. The Kier molecular flexibility index (Phi) is 7.06. The van der Waals surface area contributed by atoms with E-state index >= 15 is 0 Å². The molecule has 0 bridgehead atoms. The lowest BCUT2D eigenvalue weighted by molar-refractivity contribution is -0.168. The first-order valence-electron chi connectivity index (χ1n) is 7.74. The maximum atomic E-state index is 12.4. The predicted octanol–water partition coefficient (Wildman–Crippen LogP) is 3.98. The zero-order valence-corrected chi connectivity index (χ0v) is 13.7.